The van der Waals surface area contributed by atoms with E-state index in [-0.39, 0.29) is 4.90 Å². The van der Waals surface area contributed by atoms with Gasteiger partial charge in [-0.25, -0.2) is 23.2 Å². The van der Waals surface area contributed by atoms with E-state index in [2.05, 4.69) is 21.2 Å². The third-order valence-corrected chi connectivity index (χ3v) is 7.64. The van der Waals surface area contributed by atoms with Crippen LogP contribution < -0.4 is 14.9 Å². The number of aryl methyl sites for hydroxylation is 3. The van der Waals surface area contributed by atoms with Crippen molar-refractivity contribution >= 4 is 27.5 Å². The Labute approximate surface area is 170 Å². The summed E-state index contributed by atoms with van der Waals surface area (Å²) in [6, 6.07) is 1.72. The van der Waals surface area contributed by atoms with E-state index in [9.17, 15) is 9.00 Å². The minimum atomic E-state index is -3.53. The number of fused-ring (bicyclic) bond motifs is 3. The van der Waals surface area contributed by atoms with Crippen molar-refractivity contribution in [2.24, 2.45) is 0 Å². The molecule has 0 radical (unpaired) electrons. The lowest BCUT2D eigenvalue weighted by Gasteiger charge is -2.27. The molecule has 2 amide bonds. The first-order valence-corrected chi connectivity index (χ1v) is 11.8. The minimum Gasteiger partial charge on any atom is -0.359 e. The molecule has 9 heteroatoms. The number of urea groups is 1. The molecule has 0 unspecified atom stereocenters. The fraction of sp³-hybridized carbons (Fsp3) is 0.500. The van der Waals surface area contributed by atoms with Gasteiger partial charge in [-0.1, -0.05) is 6.07 Å². The largest absolute Gasteiger partial charge is 0.359 e. The van der Waals surface area contributed by atoms with Crippen LogP contribution in [0.25, 0.3) is 0 Å². The first-order valence-electron chi connectivity index (χ1n) is 10.2. The fourth-order valence-electron chi connectivity index (χ4n) is 4.97. The van der Waals surface area contributed by atoms with Gasteiger partial charge in [0.1, 0.15) is 10.7 Å². The number of nitrogens with zero attached hydrogens (tertiary/aromatic N) is 3. The standard InChI is InChI=1S/C20H26N6O2S/c1-25-9-4-10-26-19(25)17(12-22-26)29(21,28)24-20(27)23-18-15-7-2-5-13(15)11-14-6-3-8-16(14)18/h11-12H,2-10H2,1H3,(H3,21,23,24,27,28)/t29-/m1/s1. The molecule has 154 valence electrons. The third kappa shape index (κ3) is 3.08. The van der Waals surface area contributed by atoms with E-state index in [4.69, 9.17) is 4.78 Å². The second kappa shape index (κ2) is 6.76. The molecular weight excluding hydrogens is 388 g/mol. The normalized spacial score (nSPS) is 19.3. The number of carbonyl (C=O) groups excluding carboxylic acids is 1. The molecule has 0 saturated carbocycles. The SMILES string of the molecule is CN1CCCn2ncc([S@](=N)(=O)NC(=O)Nc3c4c(cc5c3CCC5)CCC4)c21. The molecule has 0 bridgehead atoms. The lowest BCUT2D eigenvalue weighted by molar-refractivity contribution is 0.256. The lowest BCUT2D eigenvalue weighted by Crippen LogP contribution is -2.36. The van der Waals surface area contributed by atoms with Crippen LogP contribution in [0.5, 0.6) is 0 Å². The van der Waals surface area contributed by atoms with Crippen molar-refractivity contribution in [3.05, 3.63) is 34.5 Å². The van der Waals surface area contributed by atoms with Crippen LogP contribution in [0.15, 0.2) is 17.2 Å². The molecule has 29 heavy (non-hydrogen) atoms. The van der Waals surface area contributed by atoms with Gasteiger partial charge >= 0.3 is 6.03 Å². The van der Waals surface area contributed by atoms with Crippen LogP contribution in [0.4, 0.5) is 16.3 Å². The zero-order valence-electron chi connectivity index (χ0n) is 16.6. The van der Waals surface area contributed by atoms with Gasteiger partial charge in [0.25, 0.3) is 0 Å². The summed E-state index contributed by atoms with van der Waals surface area (Å²) in [5.74, 6) is 0.651. The van der Waals surface area contributed by atoms with Crippen molar-refractivity contribution in [3.63, 3.8) is 0 Å². The highest BCUT2D eigenvalue weighted by atomic mass is 32.2. The maximum Gasteiger partial charge on any atom is 0.331 e. The van der Waals surface area contributed by atoms with Crippen molar-refractivity contribution in [1.82, 2.24) is 14.5 Å². The summed E-state index contributed by atoms with van der Waals surface area (Å²) in [5.41, 5.74) is 5.94. The highest BCUT2D eigenvalue weighted by Gasteiger charge is 2.29. The predicted molar refractivity (Wildman–Crippen MR) is 112 cm³/mol. The Kier molecular flexibility index (Phi) is 4.31. The maximum atomic E-state index is 13.1. The number of rotatable bonds is 3. The summed E-state index contributed by atoms with van der Waals surface area (Å²) in [6.45, 7) is 1.53. The van der Waals surface area contributed by atoms with Crippen molar-refractivity contribution in [2.75, 3.05) is 23.8 Å². The lowest BCUT2D eigenvalue weighted by atomic mass is 9.99. The van der Waals surface area contributed by atoms with E-state index in [1.54, 1.807) is 4.68 Å². The Hall–Kier alpha value is -2.55. The van der Waals surface area contributed by atoms with Crippen LogP contribution in [-0.2, 0) is 42.1 Å². The number of hydrogen-bond acceptors (Lipinski definition) is 5. The summed E-state index contributed by atoms with van der Waals surface area (Å²) < 4.78 is 25.7. The average molecular weight is 415 g/mol. The molecule has 3 N–H and O–H groups in total. The van der Waals surface area contributed by atoms with Crippen LogP contribution in [0.3, 0.4) is 0 Å². The second-order valence-electron chi connectivity index (χ2n) is 8.18. The van der Waals surface area contributed by atoms with Crippen LogP contribution in [0, 0.1) is 4.78 Å². The van der Waals surface area contributed by atoms with E-state index in [0.717, 1.165) is 63.7 Å². The molecule has 2 aromatic rings. The van der Waals surface area contributed by atoms with E-state index in [0.29, 0.717) is 5.82 Å². The van der Waals surface area contributed by atoms with E-state index < -0.39 is 15.9 Å². The number of amides is 2. The molecule has 1 aromatic heterocycles. The molecule has 2 aliphatic carbocycles. The van der Waals surface area contributed by atoms with E-state index in [1.165, 1.54) is 28.5 Å². The molecule has 0 saturated heterocycles. The minimum absolute atomic E-state index is 0.262. The Bertz CT molecular complexity index is 1070. The smallest absolute Gasteiger partial charge is 0.331 e. The van der Waals surface area contributed by atoms with Crippen molar-refractivity contribution in [2.45, 2.75) is 56.4 Å². The van der Waals surface area contributed by atoms with E-state index >= 15 is 0 Å². The van der Waals surface area contributed by atoms with Gasteiger partial charge in [-0.05, 0) is 67.2 Å². The molecule has 2 heterocycles. The average Bonchev–Trinajstić information content (AvgIpc) is 3.40. The van der Waals surface area contributed by atoms with Gasteiger partial charge in [0, 0.05) is 25.8 Å². The van der Waals surface area contributed by atoms with Gasteiger partial charge in [0.2, 0.25) is 0 Å². The first-order chi connectivity index (χ1) is 13.9. The highest BCUT2D eigenvalue weighted by Crippen LogP contribution is 2.38. The second-order valence-corrected chi connectivity index (χ2v) is 9.93. The predicted octanol–water partition coefficient (Wildman–Crippen LogP) is 2.84. The zero-order valence-corrected chi connectivity index (χ0v) is 17.4. The van der Waals surface area contributed by atoms with Gasteiger partial charge in [0.15, 0.2) is 9.92 Å². The van der Waals surface area contributed by atoms with Crippen LogP contribution >= 0.6 is 0 Å². The fourth-order valence-corrected chi connectivity index (χ4v) is 6.10. The van der Waals surface area contributed by atoms with Gasteiger partial charge in [0.05, 0.1) is 6.20 Å². The number of nitrogens with one attached hydrogen (secondary N) is 3. The van der Waals surface area contributed by atoms with Crippen LogP contribution in [0.1, 0.15) is 41.5 Å². The van der Waals surface area contributed by atoms with Gasteiger partial charge in [-0.2, -0.15) is 5.10 Å². The summed E-state index contributed by atoms with van der Waals surface area (Å²) in [5, 5.41) is 7.23. The third-order valence-electron chi connectivity index (χ3n) is 6.26. The summed E-state index contributed by atoms with van der Waals surface area (Å²) >= 11 is 0. The molecule has 0 fully saturated rings. The number of aromatic nitrogens is 2. The molecule has 8 nitrogen and oxygen atoms in total. The van der Waals surface area contributed by atoms with Crippen LogP contribution in [-0.4, -0.2) is 33.6 Å². The number of anilines is 2. The molecule has 1 aliphatic heterocycles. The van der Waals surface area contributed by atoms with Gasteiger partial charge < -0.3 is 10.2 Å². The van der Waals surface area contributed by atoms with Crippen molar-refractivity contribution < 1.29 is 9.00 Å². The number of carbonyl (C=O) groups is 1. The molecule has 1 atom stereocenters. The van der Waals surface area contributed by atoms with E-state index in [1.807, 2.05) is 11.9 Å². The molecule has 5 rings (SSSR count). The summed E-state index contributed by atoms with van der Waals surface area (Å²) in [7, 11) is -1.63. The monoisotopic (exact) mass is 414 g/mol. The molecule has 0 spiro atoms. The molecule has 3 aliphatic rings. The first kappa shape index (κ1) is 18.5. The Morgan fingerprint density at radius 3 is 2.48 bits per heavy atom. The number of hydrogen-bond donors (Lipinski definition) is 3. The summed E-state index contributed by atoms with van der Waals surface area (Å²) in [6.07, 6.45) is 8.59. The Morgan fingerprint density at radius 2 is 1.79 bits per heavy atom. The zero-order chi connectivity index (χ0) is 20.2. The Balaban J connectivity index is 1.42. The number of benzene rings is 1. The van der Waals surface area contributed by atoms with Gasteiger partial charge in [-0.15, -0.1) is 0 Å². The highest BCUT2D eigenvalue weighted by molar-refractivity contribution is 7.91. The van der Waals surface area contributed by atoms with Crippen LogP contribution in [0.2, 0.25) is 0 Å². The Morgan fingerprint density at radius 1 is 1.10 bits per heavy atom. The quantitative estimate of drug-likeness (QED) is 0.718. The van der Waals surface area contributed by atoms with Crippen molar-refractivity contribution in [1.29, 1.82) is 4.78 Å². The van der Waals surface area contributed by atoms with Gasteiger partial charge in [-0.3, -0.25) is 0 Å². The topological polar surface area (TPSA) is 103 Å². The van der Waals surface area contributed by atoms with Crippen molar-refractivity contribution in [3.8, 4) is 0 Å². The summed E-state index contributed by atoms with van der Waals surface area (Å²) in [4.78, 5) is 15.0. The molecule has 1 aromatic carbocycles. The molecular formula is C20H26N6O2S. The maximum absolute atomic E-state index is 13.1.